The lowest BCUT2D eigenvalue weighted by atomic mass is 9.91. The van der Waals surface area contributed by atoms with Crippen molar-refractivity contribution in [3.8, 4) is 11.4 Å². The molecule has 1 saturated heterocycles. The number of esters is 1. The molecule has 1 atom stereocenters. The van der Waals surface area contributed by atoms with Gasteiger partial charge in [-0.2, -0.15) is 8.42 Å². The molecule has 0 N–H and O–H groups in total. The van der Waals surface area contributed by atoms with Crippen LogP contribution in [0, 0.1) is 12.8 Å². The second-order valence-corrected chi connectivity index (χ2v) is 9.51. The number of carbonyl (C=O) groups excluding carboxylic acids is 1. The summed E-state index contributed by atoms with van der Waals surface area (Å²) >= 11 is 0. The van der Waals surface area contributed by atoms with Gasteiger partial charge in [0.05, 0.1) is 49.1 Å². The van der Waals surface area contributed by atoms with E-state index in [1.165, 1.54) is 16.7 Å². The molecule has 0 aliphatic carbocycles. The van der Waals surface area contributed by atoms with Crippen LogP contribution in [0.4, 0.5) is 14.5 Å². The van der Waals surface area contributed by atoms with E-state index in [0.29, 0.717) is 28.5 Å². The third-order valence-corrected chi connectivity index (χ3v) is 5.71. The van der Waals surface area contributed by atoms with E-state index in [0.717, 1.165) is 6.26 Å². The largest absolute Gasteiger partial charge is 0.469 e. The molecule has 3 heterocycles. The summed E-state index contributed by atoms with van der Waals surface area (Å²) in [7, 11) is -0.847. The van der Waals surface area contributed by atoms with E-state index in [-0.39, 0.29) is 26.0 Å². The summed E-state index contributed by atoms with van der Waals surface area (Å²) < 4.78 is 62.3. The molecule has 2 aromatic rings. The topological polar surface area (TPSA) is 117 Å². The number of aromatic nitrogens is 4. The molecule has 176 valence electrons. The van der Waals surface area contributed by atoms with Gasteiger partial charge in [-0.25, -0.2) is 18.4 Å². The molecule has 32 heavy (non-hydrogen) atoms. The van der Waals surface area contributed by atoms with E-state index in [1.807, 2.05) is 0 Å². The van der Waals surface area contributed by atoms with E-state index in [2.05, 4.69) is 20.0 Å². The van der Waals surface area contributed by atoms with Gasteiger partial charge >= 0.3 is 5.97 Å². The van der Waals surface area contributed by atoms with Gasteiger partial charge in [-0.1, -0.05) is 5.21 Å². The molecule has 10 nitrogen and oxygen atoms in total. The maximum Gasteiger partial charge on any atom is 0.305 e. The molecule has 3 rings (SSSR count). The smallest absolute Gasteiger partial charge is 0.305 e. The van der Waals surface area contributed by atoms with Crippen molar-refractivity contribution in [2.45, 2.75) is 32.3 Å². The molecule has 1 aliphatic rings. The number of hydrogen-bond acceptors (Lipinski definition) is 9. The zero-order chi connectivity index (χ0) is 23.7. The number of rotatable bonds is 7. The second kappa shape index (κ2) is 9.06. The maximum absolute atomic E-state index is 14.4. The van der Waals surface area contributed by atoms with Crippen molar-refractivity contribution in [2.24, 2.45) is 13.0 Å². The number of ether oxygens (including phenoxy) is 1. The molecular weight excluding hydrogens is 448 g/mol. The molecule has 0 amide bonds. The standard InChI is InChI=1S/C19H25F2N5O5S/c1-12-15(26-9-13(7-17(27)30-3)8-19(20,21)11-26)6-5-14(22-12)18-16(25(2)24-23-18)10-31-32(4,28)29/h5-6,13H,7-11H2,1-4H3/t13-/m0/s1. The van der Waals surface area contributed by atoms with Gasteiger partial charge in [-0.05, 0) is 25.0 Å². The molecule has 0 saturated carbocycles. The molecule has 1 fully saturated rings. The molecule has 13 heteroatoms. The Morgan fingerprint density at radius 1 is 1.34 bits per heavy atom. The molecular formula is C19H25F2N5O5S. The van der Waals surface area contributed by atoms with Crippen LogP contribution in [0.1, 0.15) is 24.2 Å². The van der Waals surface area contributed by atoms with Crippen LogP contribution in [0.2, 0.25) is 0 Å². The predicted octanol–water partition coefficient (Wildman–Crippen LogP) is 1.69. The van der Waals surface area contributed by atoms with E-state index in [1.54, 1.807) is 26.1 Å². The molecule has 0 aromatic carbocycles. The lowest BCUT2D eigenvalue weighted by molar-refractivity contribution is -0.142. The van der Waals surface area contributed by atoms with Crippen LogP contribution < -0.4 is 4.90 Å². The van der Waals surface area contributed by atoms with Gasteiger partial charge < -0.3 is 9.64 Å². The van der Waals surface area contributed by atoms with E-state index in [4.69, 9.17) is 4.18 Å². The first-order valence-corrected chi connectivity index (χ1v) is 11.6. The van der Waals surface area contributed by atoms with Crippen LogP contribution in [0.25, 0.3) is 11.4 Å². The number of hydrogen-bond donors (Lipinski definition) is 0. The van der Waals surface area contributed by atoms with Crippen LogP contribution in [0.3, 0.4) is 0 Å². The van der Waals surface area contributed by atoms with Crippen LogP contribution >= 0.6 is 0 Å². The minimum atomic E-state index is -3.67. The van der Waals surface area contributed by atoms with Gasteiger partial charge in [-0.3, -0.25) is 8.98 Å². The normalized spacial score (nSPS) is 18.6. The third kappa shape index (κ3) is 5.76. The van der Waals surface area contributed by atoms with Gasteiger partial charge in [-0.15, -0.1) is 5.10 Å². The minimum absolute atomic E-state index is 0.0869. The molecule has 0 radical (unpaired) electrons. The van der Waals surface area contributed by atoms with Crippen molar-refractivity contribution < 1.29 is 30.9 Å². The Bertz CT molecular complexity index is 1110. The van der Waals surface area contributed by atoms with Gasteiger partial charge in [0.15, 0.2) is 0 Å². The van der Waals surface area contributed by atoms with Crippen molar-refractivity contribution in [2.75, 3.05) is 31.4 Å². The second-order valence-electron chi connectivity index (χ2n) is 7.86. The van der Waals surface area contributed by atoms with Crippen LogP contribution in [0.15, 0.2) is 12.1 Å². The number of aryl methyl sites for hydroxylation is 2. The summed E-state index contributed by atoms with van der Waals surface area (Å²) in [5.74, 6) is -4.03. The fraction of sp³-hybridized carbons (Fsp3) is 0.579. The number of anilines is 1. The Balaban J connectivity index is 1.86. The average Bonchev–Trinajstić information content (AvgIpc) is 3.04. The molecule has 0 spiro atoms. The maximum atomic E-state index is 14.4. The zero-order valence-corrected chi connectivity index (χ0v) is 19.0. The van der Waals surface area contributed by atoms with E-state index >= 15 is 0 Å². The Kier molecular flexibility index (Phi) is 6.79. The molecule has 2 aromatic heterocycles. The van der Waals surface area contributed by atoms with Crippen LogP contribution in [0.5, 0.6) is 0 Å². The van der Waals surface area contributed by atoms with E-state index < -0.39 is 34.5 Å². The van der Waals surface area contributed by atoms with Gasteiger partial charge in [0.2, 0.25) is 0 Å². The summed E-state index contributed by atoms with van der Waals surface area (Å²) in [5.41, 5.74) is 2.14. The Morgan fingerprint density at radius 3 is 2.69 bits per heavy atom. The number of methoxy groups -OCH3 is 1. The van der Waals surface area contributed by atoms with E-state index in [9.17, 15) is 22.0 Å². The van der Waals surface area contributed by atoms with Crippen molar-refractivity contribution in [1.82, 2.24) is 20.0 Å². The van der Waals surface area contributed by atoms with Crippen molar-refractivity contribution in [1.29, 1.82) is 0 Å². The van der Waals surface area contributed by atoms with Gasteiger partial charge in [0.25, 0.3) is 16.0 Å². The number of piperidine rings is 1. The lowest BCUT2D eigenvalue weighted by Crippen LogP contribution is -2.48. The fourth-order valence-electron chi connectivity index (χ4n) is 3.77. The first kappa shape index (κ1) is 24.0. The number of nitrogens with zero attached hydrogens (tertiary/aromatic N) is 5. The fourth-order valence-corrected chi connectivity index (χ4v) is 4.09. The zero-order valence-electron chi connectivity index (χ0n) is 18.2. The monoisotopic (exact) mass is 473 g/mol. The first-order valence-electron chi connectivity index (χ1n) is 9.79. The van der Waals surface area contributed by atoms with Crippen LogP contribution in [-0.2, 0) is 37.5 Å². The highest BCUT2D eigenvalue weighted by molar-refractivity contribution is 7.85. The van der Waals surface area contributed by atoms with Crippen molar-refractivity contribution in [3.63, 3.8) is 0 Å². The number of halogens is 2. The highest BCUT2D eigenvalue weighted by atomic mass is 32.2. The Morgan fingerprint density at radius 2 is 2.06 bits per heavy atom. The highest BCUT2D eigenvalue weighted by Gasteiger charge is 2.41. The summed E-state index contributed by atoms with van der Waals surface area (Å²) in [6.45, 7) is 1.20. The predicted molar refractivity (Wildman–Crippen MR) is 111 cm³/mol. The number of alkyl halides is 2. The van der Waals surface area contributed by atoms with Crippen molar-refractivity contribution >= 4 is 21.8 Å². The lowest BCUT2D eigenvalue weighted by Gasteiger charge is -2.39. The summed E-state index contributed by atoms with van der Waals surface area (Å²) in [6, 6.07) is 3.27. The third-order valence-electron chi connectivity index (χ3n) is 5.16. The highest BCUT2D eigenvalue weighted by Crippen LogP contribution is 2.36. The van der Waals surface area contributed by atoms with Gasteiger partial charge in [0.1, 0.15) is 12.3 Å². The SMILES string of the molecule is COC(=O)C[C@@H]1CN(c2ccc(-c3nnn(C)c3COS(C)(=O)=O)nc2C)CC(F)(F)C1. The quantitative estimate of drug-likeness (QED) is 0.437. The van der Waals surface area contributed by atoms with Gasteiger partial charge in [0, 0.05) is 20.0 Å². The molecule has 1 aliphatic heterocycles. The Hall–Kier alpha value is -2.67. The average molecular weight is 474 g/mol. The summed E-state index contributed by atoms with van der Waals surface area (Å²) in [4.78, 5) is 17.6. The molecule has 0 bridgehead atoms. The van der Waals surface area contributed by atoms with Crippen LogP contribution in [-0.4, -0.2) is 66.7 Å². The number of carbonyl (C=O) groups is 1. The summed E-state index contributed by atoms with van der Waals surface area (Å²) in [6.07, 6.45) is 0.471. The minimum Gasteiger partial charge on any atom is -0.469 e. The Labute approximate surface area is 184 Å². The van der Waals surface area contributed by atoms with Crippen molar-refractivity contribution in [3.05, 3.63) is 23.5 Å². The summed E-state index contributed by atoms with van der Waals surface area (Å²) in [5, 5.41) is 7.94. The first-order chi connectivity index (χ1) is 14.9. The number of pyridine rings is 1. The molecule has 0 unspecified atom stereocenters.